The molecule has 0 bridgehead atoms. The number of imidazole rings is 1. The van der Waals surface area contributed by atoms with Crippen molar-refractivity contribution in [1.29, 1.82) is 0 Å². The van der Waals surface area contributed by atoms with E-state index in [9.17, 15) is 14.4 Å². The highest BCUT2D eigenvalue weighted by Gasteiger charge is 2.48. The fraction of sp³-hybridized carbons (Fsp3) is 0.280. The van der Waals surface area contributed by atoms with E-state index >= 15 is 0 Å². The molecular weight excluding hydrogens is 420 g/mol. The van der Waals surface area contributed by atoms with Gasteiger partial charge in [-0.1, -0.05) is 30.3 Å². The smallest absolute Gasteiger partial charge is 0.251 e. The summed E-state index contributed by atoms with van der Waals surface area (Å²) in [6.45, 7) is 0.485. The van der Waals surface area contributed by atoms with Crippen LogP contribution in [0, 0.1) is 0 Å². The maximum absolute atomic E-state index is 13.5. The first-order valence-electron chi connectivity index (χ1n) is 11.0. The van der Waals surface area contributed by atoms with Crippen LogP contribution in [0.2, 0.25) is 0 Å². The van der Waals surface area contributed by atoms with E-state index in [0.717, 1.165) is 11.3 Å². The maximum Gasteiger partial charge on any atom is 0.251 e. The summed E-state index contributed by atoms with van der Waals surface area (Å²) < 4.78 is 7.36. The Bertz CT molecular complexity index is 1140. The molecule has 168 valence electrons. The molecule has 0 saturated carbocycles. The van der Waals surface area contributed by atoms with Gasteiger partial charge < -0.3 is 19.5 Å². The van der Waals surface area contributed by atoms with Gasteiger partial charge in [-0.25, -0.2) is 4.98 Å². The van der Waals surface area contributed by atoms with Gasteiger partial charge in [-0.15, -0.1) is 0 Å². The monoisotopic (exact) mass is 444 g/mol. The highest BCUT2D eigenvalue weighted by Crippen LogP contribution is 2.28. The van der Waals surface area contributed by atoms with Crippen LogP contribution in [0.25, 0.3) is 5.69 Å². The van der Waals surface area contributed by atoms with Crippen molar-refractivity contribution in [3.63, 3.8) is 0 Å². The molecule has 2 saturated heterocycles. The number of carbonyl (C=O) groups excluding carboxylic acids is 3. The first kappa shape index (κ1) is 21.1. The molecule has 2 aromatic carbocycles. The van der Waals surface area contributed by atoms with Gasteiger partial charge in [0.15, 0.2) is 5.78 Å². The lowest BCUT2D eigenvalue weighted by atomic mass is 10.0. The summed E-state index contributed by atoms with van der Waals surface area (Å²) in [5.41, 5.74) is 2.25. The number of aromatic nitrogens is 2. The molecule has 0 aliphatic carbocycles. The van der Waals surface area contributed by atoms with E-state index in [1.165, 1.54) is 0 Å². The van der Waals surface area contributed by atoms with E-state index in [1.54, 1.807) is 29.6 Å². The van der Waals surface area contributed by atoms with E-state index in [2.05, 4.69) is 10.3 Å². The molecule has 5 rings (SSSR count). The topological polar surface area (TPSA) is 93.5 Å². The Morgan fingerprint density at radius 3 is 2.64 bits per heavy atom. The van der Waals surface area contributed by atoms with Gasteiger partial charge in [0.1, 0.15) is 18.7 Å². The number of ether oxygens (including phenoxy) is 1. The molecule has 3 heterocycles. The fourth-order valence-corrected chi connectivity index (χ4v) is 4.53. The van der Waals surface area contributed by atoms with E-state index < -0.39 is 12.1 Å². The van der Waals surface area contributed by atoms with Crippen molar-refractivity contribution in [2.24, 2.45) is 0 Å². The lowest BCUT2D eigenvalue weighted by molar-refractivity contribution is -0.138. The lowest BCUT2D eigenvalue weighted by Crippen LogP contribution is -2.53. The van der Waals surface area contributed by atoms with Crippen LogP contribution in [0.3, 0.4) is 0 Å². The second kappa shape index (κ2) is 8.99. The van der Waals surface area contributed by atoms with Gasteiger partial charge in [-0.05, 0) is 36.2 Å². The van der Waals surface area contributed by atoms with Gasteiger partial charge in [-0.3, -0.25) is 14.4 Å². The number of amides is 2. The van der Waals surface area contributed by atoms with Crippen LogP contribution in [-0.4, -0.2) is 63.4 Å². The predicted octanol–water partition coefficient (Wildman–Crippen LogP) is 1.78. The second-order valence-electron chi connectivity index (χ2n) is 8.31. The van der Waals surface area contributed by atoms with Gasteiger partial charge in [0, 0.05) is 36.6 Å². The zero-order valence-electron chi connectivity index (χ0n) is 18.0. The minimum Gasteiger partial charge on any atom is -0.368 e. The fourth-order valence-electron chi connectivity index (χ4n) is 4.53. The summed E-state index contributed by atoms with van der Waals surface area (Å²) in [5.74, 6) is -0.675. The number of Topliss-reactive ketones (excluding diaryl/α,β-unsaturated/α-hetero) is 1. The van der Waals surface area contributed by atoms with Crippen molar-refractivity contribution >= 4 is 17.6 Å². The SMILES string of the molecule is O=C(NC(Cc1ccccc1)C(=O)N1CCC2OCC(=O)C21)c1ccc(-n2ccnc2)cc1. The van der Waals surface area contributed by atoms with Crippen LogP contribution in [-0.2, 0) is 20.7 Å². The van der Waals surface area contributed by atoms with Gasteiger partial charge in [0.2, 0.25) is 5.91 Å². The molecule has 2 aliphatic heterocycles. The number of likely N-dealkylation sites (tertiary alicyclic amines) is 1. The molecule has 1 N–H and O–H groups in total. The Morgan fingerprint density at radius 2 is 1.91 bits per heavy atom. The molecule has 0 spiro atoms. The molecule has 3 atom stereocenters. The molecule has 8 nitrogen and oxygen atoms in total. The zero-order chi connectivity index (χ0) is 22.8. The van der Waals surface area contributed by atoms with E-state index in [4.69, 9.17) is 4.74 Å². The highest BCUT2D eigenvalue weighted by molar-refractivity contribution is 5.99. The van der Waals surface area contributed by atoms with Crippen molar-refractivity contribution in [1.82, 2.24) is 19.8 Å². The number of ketones is 1. The van der Waals surface area contributed by atoms with Gasteiger partial charge in [0.25, 0.3) is 5.91 Å². The molecule has 2 fully saturated rings. The van der Waals surface area contributed by atoms with Crippen LogP contribution < -0.4 is 5.32 Å². The molecule has 2 amide bonds. The Hall–Kier alpha value is -3.78. The van der Waals surface area contributed by atoms with Crippen LogP contribution in [0.1, 0.15) is 22.3 Å². The Labute approximate surface area is 191 Å². The number of carbonyl (C=O) groups is 3. The minimum atomic E-state index is -0.791. The van der Waals surface area contributed by atoms with Gasteiger partial charge in [-0.2, -0.15) is 0 Å². The normalized spacial score (nSPS) is 20.5. The zero-order valence-corrected chi connectivity index (χ0v) is 18.0. The van der Waals surface area contributed by atoms with Crippen molar-refractivity contribution in [3.8, 4) is 5.69 Å². The molecule has 8 heteroatoms. The van der Waals surface area contributed by atoms with E-state index in [-0.39, 0.29) is 30.3 Å². The third-order valence-electron chi connectivity index (χ3n) is 6.21. The number of nitrogens with zero attached hydrogens (tertiary/aromatic N) is 3. The van der Waals surface area contributed by atoms with E-state index in [1.807, 2.05) is 53.2 Å². The maximum atomic E-state index is 13.5. The molecule has 33 heavy (non-hydrogen) atoms. The lowest BCUT2D eigenvalue weighted by Gasteiger charge is -2.27. The standard InChI is InChI=1S/C25H24N4O4/c30-21-15-33-22-10-12-29(23(21)22)25(32)20(14-17-4-2-1-3-5-17)27-24(31)18-6-8-19(9-7-18)28-13-11-26-16-28/h1-9,11,13,16,20,22-23H,10,12,14-15H2,(H,27,31). The summed E-state index contributed by atoms with van der Waals surface area (Å²) in [6.07, 6.45) is 5.90. The predicted molar refractivity (Wildman–Crippen MR) is 120 cm³/mol. The molecule has 2 aliphatic rings. The molecular formula is C25H24N4O4. The number of benzene rings is 2. The molecule has 3 unspecified atom stereocenters. The highest BCUT2D eigenvalue weighted by atomic mass is 16.5. The largest absolute Gasteiger partial charge is 0.368 e. The second-order valence-corrected chi connectivity index (χ2v) is 8.31. The quantitative estimate of drug-likeness (QED) is 0.626. The number of rotatable bonds is 6. The van der Waals surface area contributed by atoms with Crippen LogP contribution in [0.15, 0.2) is 73.3 Å². The Kier molecular flexibility index (Phi) is 5.75. The third kappa shape index (κ3) is 4.29. The van der Waals surface area contributed by atoms with Gasteiger partial charge in [0.05, 0.1) is 12.4 Å². The average molecular weight is 444 g/mol. The summed E-state index contributed by atoms with van der Waals surface area (Å²) in [4.78, 5) is 44.5. The molecule has 1 aromatic heterocycles. The number of nitrogens with one attached hydrogen (secondary N) is 1. The first-order chi connectivity index (χ1) is 16.1. The van der Waals surface area contributed by atoms with Gasteiger partial charge >= 0.3 is 0 Å². The van der Waals surface area contributed by atoms with Crippen molar-refractivity contribution in [2.45, 2.75) is 31.0 Å². The third-order valence-corrected chi connectivity index (χ3v) is 6.21. The first-order valence-corrected chi connectivity index (χ1v) is 11.0. The summed E-state index contributed by atoms with van der Waals surface area (Å²) in [7, 11) is 0. The molecule has 3 aromatic rings. The van der Waals surface area contributed by atoms with Crippen LogP contribution in [0.4, 0.5) is 0 Å². The Morgan fingerprint density at radius 1 is 1.12 bits per heavy atom. The average Bonchev–Trinajstić information content (AvgIpc) is 3.59. The van der Waals surface area contributed by atoms with Crippen LogP contribution in [0.5, 0.6) is 0 Å². The van der Waals surface area contributed by atoms with E-state index in [0.29, 0.717) is 24.9 Å². The van der Waals surface area contributed by atoms with Crippen molar-refractivity contribution in [2.75, 3.05) is 13.2 Å². The summed E-state index contributed by atoms with van der Waals surface area (Å²) >= 11 is 0. The van der Waals surface area contributed by atoms with Crippen molar-refractivity contribution < 1.29 is 19.1 Å². The summed E-state index contributed by atoms with van der Waals surface area (Å²) in [6, 6.07) is 15.3. The number of hydrogen-bond acceptors (Lipinski definition) is 5. The summed E-state index contributed by atoms with van der Waals surface area (Å²) in [5, 5.41) is 2.91. The Balaban J connectivity index is 1.35. The van der Waals surface area contributed by atoms with Crippen molar-refractivity contribution in [3.05, 3.63) is 84.4 Å². The van der Waals surface area contributed by atoms with Crippen LogP contribution >= 0.6 is 0 Å². The number of fused-ring (bicyclic) bond motifs is 1. The number of hydrogen-bond donors (Lipinski definition) is 1. The molecule has 0 radical (unpaired) electrons. The minimum absolute atomic E-state index is 0.0398.